The van der Waals surface area contributed by atoms with Crippen LogP contribution in [0.3, 0.4) is 0 Å². The van der Waals surface area contributed by atoms with Gasteiger partial charge in [-0.25, -0.2) is 0 Å². The number of unbranched alkanes of at least 4 members (excludes halogenated alkanes) is 14. The van der Waals surface area contributed by atoms with Gasteiger partial charge in [-0.15, -0.1) is 0 Å². The molecule has 0 saturated carbocycles. The van der Waals surface area contributed by atoms with E-state index in [0.717, 1.165) is 12.8 Å². The maximum atomic E-state index is 11.7. The molecular formula is C24H46N2O4. The normalized spacial score (nSPS) is 10.7. The minimum absolute atomic E-state index is 0.0242. The Labute approximate surface area is 184 Å². The van der Waals surface area contributed by atoms with Gasteiger partial charge in [0.05, 0.1) is 6.54 Å². The number of esters is 2. The van der Waals surface area contributed by atoms with Crippen molar-refractivity contribution in [2.24, 2.45) is 5.73 Å². The van der Waals surface area contributed by atoms with Gasteiger partial charge >= 0.3 is 11.9 Å². The quantitative estimate of drug-likeness (QED) is 0.150. The summed E-state index contributed by atoms with van der Waals surface area (Å²) >= 11 is 0. The molecule has 0 aromatic carbocycles. The summed E-state index contributed by atoms with van der Waals surface area (Å²) in [5, 5.41) is 2.80. The molecule has 0 saturated heterocycles. The third-order valence-electron chi connectivity index (χ3n) is 5.28. The average Bonchev–Trinajstić information content (AvgIpc) is 2.73. The second-order valence-electron chi connectivity index (χ2n) is 8.20. The maximum absolute atomic E-state index is 11.7. The van der Waals surface area contributed by atoms with Crippen LogP contribution in [0.5, 0.6) is 0 Å². The van der Waals surface area contributed by atoms with Crippen LogP contribution >= 0.6 is 0 Å². The lowest BCUT2D eigenvalue weighted by molar-refractivity contribution is -0.158. The summed E-state index contributed by atoms with van der Waals surface area (Å²) in [6.45, 7) is 2.38. The van der Waals surface area contributed by atoms with E-state index in [4.69, 9.17) is 5.73 Å². The van der Waals surface area contributed by atoms with Crippen LogP contribution in [0.25, 0.3) is 0 Å². The second-order valence-corrected chi connectivity index (χ2v) is 8.20. The van der Waals surface area contributed by atoms with Crippen molar-refractivity contribution in [2.75, 3.05) is 13.1 Å². The monoisotopic (exact) mass is 426 g/mol. The van der Waals surface area contributed by atoms with E-state index in [2.05, 4.69) is 17.0 Å². The molecule has 0 aromatic rings. The highest BCUT2D eigenvalue weighted by Gasteiger charge is 2.08. The molecule has 6 heteroatoms. The van der Waals surface area contributed by atoms with E-state index in [1.54, 1.807) is 0 Å². The number of hydrogen-bond donors (Lipinski definition) is 2. The zero-order valence-corrected chi connectivity index (χ0v) is 19.4. The zero-order chi connectivity index (χ0) is 22.3. The third kappa shape index (κ3) is 21.3. The van der Waals surface area contributed by atoms with Crippen molar-refractivity contribution in [1.29, 1.82) is 0 Å². The number of nitrogens with one attached hydrogen (secondary N) is 1. The molecule has 0 unspecified atom stereocenters. The highest BCUT2D eigenvalue weighted by Crippen LogP contribution is 2.13. The number of ether oxygens (including phenoxy) is 1. The van der Waals surface area contributed by atoms with Crippen molar-refractivity contribution in [3.63, 3.8) is 0 Å². The Hall–Kier alpha value is -1.43. The van der Waals surface area contributed by atoms with E-state index < -0.39 is 11.9 Å². The predicted molar refractivity (Wildman–Crippen MR) is 122 cm³/mol. The van der Waals surface area contributed by atoms with Crippen LogP contribution in [-0.2, 0) is 19.1 Å². The second kappa shape index (κ2) is 22.3. The summed E-state index contributed by atoms with van der Waals surface area (Å²) < 4.78 is 4.45. The molecule has 0 radical (unpaired) electrons. The molecule has 30 heavy (non-hydrogen) atoms. The van der Waals surface area contributed by atoms with E-state index in [1.165, 1.54) is 83.5 Å². The van der Waals surface area contributed by atoms with Gasteiger partial charge in [-0.3, -0.25) is 14.4 Å². The first kappa shape index (κ1) is 28.6. The lowest BCUT2D eigenvalue weighted by Gasteiger charge is -2.05. The largest absolute Gasteiger partial charge is 0.392 e. The van der Waals surface area contributed by atoms with E-state index in [9.17, 15) is 14.4 Å². The summed E-state index contributed by atoms with van der Waals surface area (Å²) in [5.74, 6) is -1.30. The van der Waals surface area contributed by atoms with Crippen molar-refractivity contribution in [3.8, 4) is 0 Å². The standard InChI is InChI=1S/C24H46N2O4/c1-2-3-4-5-6-7-8-9-10-11-12-13-14-15-16-18-22(27)26-20-17-19-23(28)30-24(29)21-25/h2-21,25H2,1H3,(H,26,27). The zero-order valence-electron chi connectivity index (χ0n) is 19.4. The summed E-state index contributed by atoms with van der Waals surface area (Å²) in [6, 6.07) is 0. The fourth-order valence-electron chi connectivity index (χ4n) is 3.43. The van der Waals surface area contributed by atoms with Crippen molar-refractivity contribution >= 4 is 17.8 Å². The first-order valence-corrected chi connectivity index (χ1v) is 12.3. The van der Waals surface area contributed by atoms with Crippen LogP contribution < -0.4 is 11.1 Å². The van der Waals surface area contributed by atoms with Crippen LogP contribution in [0.1, 0.15) is 122 Å². The first-order valence-electron chi connectivity index (χ1n) is 12.3. The molecule has 0 aliphatic rings. The number of amides is 1. The Morgan fingerprint density at radius 1 is 0.633 bits per heavy atom. The Bertz CT molecular complexity index is 441. The van der Waals surface area contributed by atoms with Crippen molar-refractivity contribution in [2.45, 2.75) is 122 Å². The van der Waals surface area contributed by atoms with Gasteiger partial charge in [0.1, 0.15) is 0 Å². The van der Waals surface area contributed by atoms with Crippen LogP contribution in [0, 0.1) is 0 Å². The van der Waals surface area contributed by atoms with Gasteiger partial charge in [-0.2, -0.15) is 0 Å². The summed E-state index contributed by atoms with van der Waals surface area (Å²) in [5.41, 5.74) is 5.06. The Kier molecular flexibility index (Phi) is 21.2. The lowest BCUT2D eigenvalue weighted by Crippen LogP contribution is -2.25. The van der Waals surface area contributed by atoms with E-state index in [1.807, 2.05) is 0 Å². The number of carbonyl (C=O) groups excluding carboxylic acids is 3. The smallest absolute Gasteiger partial charge is 0.327 e. The number of carbonyl (C=O) groups is 3. The van der Waals surface area contributed by atoms with Crippen LogP contribution in [0.2, 0.25) is 0 Å². The predicted octanol–water partition coefficient (Wildman–Crippen LogP) is 5.17. The molecule has 0 spiro atoms. The molecule has 0 aliphatic heterocycles. The van der Waals surface area contributed by atoms with Gasteiger partial charge in [0.2, 0.25) is 5.91 Å². The Morgan fingerprint density at radius 3 is 1.57 bits per heavy atom. The summed E-state index contributed by atoms with van der Waals surface area (Å²) in [4.78, 5) is 33.9. The van der Waals surface area contributed by atoms with E-state index in [-0.39, 0.29) is 18.9 Å². The summed E-state index contributed by atoms with van der Waals surface area (Å²) in [7, 11) is 0. The third-order valence-corrected chi connectivity index (χ3v) is 5.28. The van der Waals surface area contributed by atoms with Crippen LogP contribution in [-0.4, -0.2) is 30.9 Å². The molecule has 0 rings (SSSR count). The molecular weight excluding hydrogens is 380 g/mol. The maximum Gasteiger partial charge on any atom is 0.327 e. The molecule has 0 bridgehead atoms. The van der Waals surface area contributed by atoms with Gasteiger partial charge in [-0.1, -0.05) is 96.8 Å². The molecule has 0 heterocycles. The van der Waals surface area contributed by atoms with Gasteiger partial charge < -0.3 is 15.8 Å². The number of nitrogens with two attached hydrogens (primary N) is 1. The molecule has 1 amide bonds. The fraction of sp³-hybridized carbons (Fsp3) is 0.875. The van der Waals surface area contributed by atoms with Gasteiger partial charge in [0, 0.05) is 19.4 Å². The highest BCUT2D eigenvalue weighted by molar-refractivity contribution is 5.86. The van der Waals surface area contributed by atoms with Gasteiger partial charge in [0.15, 0.2) is 0 Å². The van der Waals surface area contributed by atoms with Gasteiger partial charge in [-0.05, 0) is 12.8 Å². The molecule has 0 aliphatic carbocycles. The fourth-order valence-corrected chi connectivity index (χ4v) is 3.43. The topological polar surface area (TPSA) is 98.5 Å². The number of rotatable bonds is 21. The Morgan fingerprint density at radius 2 is 1.10 bits per heavy atom. The van der Waals surface area contributed by atoms with Crippen molar-refractivity contribution < 1.29 is 19.1 Å². The van der Waals surface area contributed by atoms with Crippen LogP contribution in [0.4, 0.5) is 0 Å². The highest BCUT2D eigenvalue weighted by atomic mass is 16.6. The molecule has 0 atom stereocenters. The van der Waals surface area contributed by atoms with Crippen molar-refractivity contribution in [3.05, 3.63) is 0 Å². The minimum atomic E-state index is -0.725. The molecule has 0 aromatic heterocycles. The summed E-state index contributed by atoms with van der Waals surface area (Å²) in [6.07, 6.45) is 20.7. The molecule has 3 N–H and O–H groups in total. The molecule has 0 fully saturated rings. The van der Waals surface area contributed by atoms with Gasteiger partial charge in [0.25, 0.3) is 0 Å². The SMILES string of the molecule is CCCCCCCCCCCCCCCCCC(=O)NCCCC(=O)OC(=O)CN. The average molecular weight is 427 g/mol. The lowest BCUT2D eigenvalue weighted by atomic mass is 10.0. The first-order chi connectivity index (χ1) is 14.6. The Balaban J connectivity index is 3.26. The van der Waals surface area contributed by atoms with Crippen LogP contribution in [0.15, 0.2) is 0 Å². The molecule has 6 nitrogen and oxygen atoms in total. The van der Waals surface area contributed by atoms with E-state index in [0.29, 0.717) is 19.4 Å². The number of hydrogen-bond acceptors (Lipinski definition) is 5. The van der Waals surface area contributed by atoms with Crippen molar-refractivity contribution in [1.82, 2.24) is 5.32 Å². The van der Waals surface area contributed by atoms with E-state index >= 15 is 0 Å². The molecule has 176 valence electrons. The minimum Gasteiger partial charge on any atom is -0.392 e.